The molecule has 0 radical (unpaired) electrons. The molecule has 3 rings (SSSR count). The highest BCUT2D eigenvalue weighted by atomic mass is 35.5. The summed E-state index contributed by atoms with van der Waals surface area (Å²) in [5, 5.41) is 3.89. The first-order valence-electron chi connectivity index (χ1n) is 6.77. The quantitative estimate of drug-likeness (QED) is 0.797. The number of benzene rings is 1. The predicted molar refractivity (Wildman–Crippen MR) is 77.5 cm³/mol. The Kier molecular flexibility index (Phi) is 3.26. The maximum Gasteiger partial charge on any atom is 0.181 e. The summed E-state index contributed by atoms with van der Waals surface area (Å²) in [4.78, 5) is 0.402. The van der Waals surface area contributed by atoms with Gasteiger partial charge in [-0.3, -0.25) is 0 Å². The van der Waals surface area contributed by atoms with E-state index in [0.717, 1.165) is 32.2 Å². The van der Waals surface area contributed by atoms with E-state index in [9.17, 15) is 8.42 Å². The SMILES string of the molecule is O=S1(=O)CC2(CCCCC2)CNc2cc(Cl)ccc21. The van der Waals surface area contributed by atoms with E-state index < -0.39 is 9.84 Å². The van der Waals surface area contributed by atoms with Crippen molar-refractivity contribution in [2.24, 2.45) is 5.41 Å². The Hall–Kier alpha value is -0.740. The van der Waals surface area contributed by atoms with Gasteiger partial charge in [0.25, 0.3) is 0 Å². The molecule has 104 valence electrons. The van der Waals surface area contributed by atoms with Gasteiger partial charge in [0.15, 0.2) is 9.84 Å². The van der Waals surface area contributed by atoms with Crippen molar-refractivity contribution in [2.45, 2.75) is 37.0 Å². The maximum atomic E-state index is 12.6. The van der Waals surface area contributed by atoms with Crippen LogP contribution in [0.5, 0.6) is 0 Å². The third kappa shape index (κ3) is 2.48. The third-order valence-electron chi connectivity index (χ3n) is 4.34. The van der Waals surface area contributed by atoms with Gasteiger partial charge in [-0.2, -0.15) is 0 Å². The van der Waals surface area contributed by atoms with Crippen LogP contribution in [0.15, 0.2) is 23.1 Å². The van der Waals surface area contributed by atoms with E-state index in [-0.39, 0.29) is 11.2 Å². The number of hydrogen-bond acceptors (Lipinski definition) is 3. The van der Waals surface area contributed by atoms with E-state index in [1.165, 1.54) is 6.42 Å². The summed E-state index contributed by atoms with van der Waals surface area (Å²) in [5.74, 6) is 0.266. The Labute approximate surface area is 119 Å². The van der Waals surface area contributed by atoms with Crippen molar-refractivity contribution in [1.82, 2.24) is 0 Å². The number of sulfone groups is 1. The lowest BCUT2D eigenvalue weighted by molar-refractivity contribution is 0.237. The highest BCUT2D eigenvalue weighted by Gasteiger charge is 2.40. The molecule has 5 heteroatoms. The third-order valence-corrected chi connectivity index (χ3v) is 6.59. The van der Waals surface area contributed by atoms with Crippen molar-refractivity contribution in [3.05, 3.63) is 23.2 Å². The molecule has 1 spiro atoms. The smallest absolute Gasteiger partial charge is 0.181 e. The molecule has 0 aromatic heterocycles. The molecule has 0 amide bonds. The van der Waals surface area contributed by atoms with Gasteiger partial charge in [0.2, 0.25) is 0 Å². The van der Waals surface area contributed by atoms with E-state index in [0.29, 0.717) is 15.6 Å². The van der Waals surface area contributed by atoms with Crippen LogP contribution in [0, 0.1) is 5.41 Å². The second-order valence-electron chi connectivity index (χ2n) is 5.81. The summed E-state index contributed by atoms with van der Waals surface area (Å²) in [6.45, 7) is 0.736. The van der Waals surface area contributed by atoms with Gasteiger partial charge in [0, 0.05) is 17.0 Å². The Morgan fingerprint density at radius 1 is 1.16 bits per heavy atom. The van der Waals surface area contributed by atoms with Crippen molar-refractivity contribution in [3.63, 3.8) is 0 Å². The molecule has 1 saturated carbocycles. The first-order chi connectivity index (χ1) is 9.01. The molecule has 2 aliphatic rings. The number of anilines is 1. The lowest BCUT2D eigenvalue weighted by atomic mass is 9.75. The Morgan fingerprint density at radius 2 is 1.89 bits per heavy atom. The summed E-state index contributed by atoms with van der Waals surface area (Å²) < 4.78 is 25.2. The largest absolute Gasteiger partial charge is 0.383 e. The fourth-order valence-corrected chi connectivity index (χ4v) is 5.62. The van der Waals surface area contributed by atoms with Crippen LogP contribution in [0.1, 0.15) is 32.1 Å². The molecule has 0 bridgehead atoms. The fourth-order valence-electron chi connectivity index (χ4n) is 3.35. The van der Waals surface area contributed by atoms with E-state index >= 15 is 0 Å². The molecular weight excluding hydrogens is 282 g/mol. The van der Waals surface area contributed by atoms with Gasteiger partial charge in [-0.15, -0.1) is 0 Å². The lowest BCUT2D eigenvalue weighted by Gasteiger charge is -2.35. The first-order valence-corrected chi connectivity index (χ1v) is 8.80. The number of hydrogen-bond donors (Lipinski definition) is 1. The number of fused-ring (bicyclic) bond motifs is 1. The molecule has 1 aromatic rings. The van der Waals surface area contributed by atoms with Gasteiger partial charge in [0.05, 0.1) is 16.3 Å². The van der Waals surface area contributed by atoms with E-state index in [2.05, 4.69) is 5.32 Å². The Balaban J connectivity index is 2.03. The molecule has 0 unspecified atom stereocenters. The summed E-state index contributed by atoms with van der Waals surface area (Å²) in [6.07, 6.45) is 5.49. The van der Waals surface area contributed by atoms with Gasteiger partial charge < -0.3 is 5.32 Å². The minimum atomic E-state index is -3.22. The summed E-state index contributed by atoms with van der Waals surface area (Å²) in [5.41, 5.74) is 0.567. The van der Waals surface area contributed by atoms with Crippen LogP contribution in [-0.2, 0) is 9.84 Å². The number of halogens is 1. The molecule has 0 saturated heterocycles. The molecule has 3 nitrogen and oxygen atoms in total. The minimum absolute atomic E-state index is 0.0947. The molecule has 1 aliphatic heterocycles. The van der Waals surface area contributed by atoms with Crippen LogP contribution in [0.3, 0.4) is 0 Å². The monoisotopic (exact) mass is 299 g/mol. The van der Waals surface area contributed by atoms with Crippen LogP contribution < -0.4 is 5.32 Å². The zero-order valence-electron chi connectivity index (χ0n) is 10.8. The van der Waals surface area contributed by atoms with E-state index in [1.807, 2.05) is 0 Å². The fraction of sp³-hybridized carbons (Fsp3) is 0.571. The average molecular weight is 300 g/mol. The van der Waals surface area contributed by atoms with Crippen molar-refractivity contribution in [2.75, 3.05) is 17.6 Å². The first kappa shape index (κ1) is 13.3. The number of rotatable bonds is 0. The van der Waals surface area contributed by atoms with Crippen LogP contribution >= 0.6 is 11.6 Å². The minimum Gasteiger partial charge on any atom is -0.383 e. The molecule has 1 heterocycles. The highest BCUT2D eigenvalue weighted by molar-refractivity contribution is 7.91. The molecule has 1 aliphatic carbocycles. The van der Waals surface area contributed by atoms with Crippen molar-refractivity contribution in [1.29, 1.82) is 0 Å². The lowest BCUT2D eigenvalue weighted by Crippen LogP contribution is -2.36. The summed E-state index contributed by atoms with van der Waals surface area (Å²) in [7, 11) is -3.22. The average Bonchev–Trinajstić information content (AvgIpc) is 2.46. The second kappa shape index (κ2) is 4.67. The van der Waals surface area contributed by atoms with Gasteiger partial charge >= 0.3 is 0 Å². The van der Waals surface area contributed by atoms with Gasteiger partial charge in [-0.25, -0.2) is 8.42 Å². The van der Waals surface area contributed by atoms with Crippen LogP contribution in [0.2, 0.25) is 5.02 Å². The predicted octanol–water partition coefficient (Wildman–Crippen LogP) is 3.49. The highest BCUT2D eigenvalue weighted by Crippen LogP contribution is 2.42. The topological polar surface area (TPSA) is 46.2 Å². The number of nitrogens with one attached hydrogen (secondary N) is 1. The zero-order chi connectivity index (χ0) is 13.5. The molecule has 19 heavy (non-hydrogen) atoms. The summed E-state index contributed by atoms with van der Waals surface area (Å²) in [6, 6.07) is 5.00. The van der Waals surface area contributed by atoms with Crippen LogP contribution in [-0.4, -0.2) is 20.7 Å². The molecular formula is C14H18ClNO2S. The van der Waals surface area contributed by atoms with E-state index in [1.54, 1.807) is 18.2 Å². The zero-order valence-corrected chi connectivity index (χ0v) is 12.4. The second-order valence-corrected chi connectivity index (χ2v) is 8.21. The van der Waals surface area contributed by atoms with Crippen molar-refractivity contribution < 1.29 is 8.42 Å². The molecule has 1 fully saturated rings. The van der Waals surface area contributed by atoms with E-state index in [4.69, 9.17) is 11.6 Å². The maximum absolute atomic E-state index is 12.6. The Morgan fingerprint density at radius 3 is 2.63 bits per heavy atom. The molecule has 1 N–H and O–H groups in total. The van der Waals surface area contributed by atoms with Crippen LogP contribution in [0.4, 0.5) is 5.69 Å². The van der Waals surface area contributed by atoms with Gasteiger partial charge in [-0.1, -0.05) is 30.9 Å². The normalized spacial score (nSPS) is 24.3. The van der Waals surface area contributed by atoms with Gasteiger partial charge in [-0.05, 0) is 31.0 Å². The van der Waals surface area contributed by atoms with Gasteiger partial charge in [0.1, 0.15) is 0 Å². The molecule has 1 aromatic carbocycles. The standard InChI is InChI=1S/C14H18ClNO2S/c15-11-4-5-13-12(8-11)16-9-14(10-19(13,17)18)6-2-1-3-7-14/h4-5,8,16H,1-3,6-7,9-10H2. The Bertz CT molecular complexity index is 591. The van der Waals surface area contributed by atoms with Crippen molar-refractivity contribution >= 4 is 27.1 Å². The summed E-state index contributed by atoms with van der Waals surface area (Å²) >= 11 is 5.97. The van der Waals surface area contributed by atoms with Crippen molar-refractivity contribution in [3.8, 4) is 0 Å². The molecule has 0 atom stereocenters. The van der Waals surface area contributed by atoms with Crippen LogP contribution in [0.25, 0.3) is 0 Å².